The van der Waals surface area contributed by atoms with E-state index in [1.54, 1.807) is 4.68 Å². The van der Waals surface area contributed by atoms with E-state index in [-0.39, 0.29) is 11.1 Å². The third-order valence-electron chi connectivity index (χ3n) is 5.60. The second-order valence-electron chi connectivity index (χ2n) is 8.54. The number of hydrogen-bond acceptors (Lipinski definition) is 4. The zero-order valence-corrected chi connectivity index (χ0v) is 15.5. The molecule has 0 radical (unpaired) electrons. The molecule has 2 aromatic heterocycles. The van der Waals surface area contributed by atoms with Crippen LogP contribution in [0.4, 0.5) is 8.78 Å². The van der Waals surface area contributed by atoms with Crippen molar-refractivity contribution in [2.24, 2.45) is 0 Å². The number of hydrogen-bond donors (Lipinski definition) is 0. The van der Waals surface area contributed by atoms with Gasteiger partial charge in [0.05, 0.1) is 5.69 Å². The van der Waals surface area contributed by atoms with Crippen molar-refractivity contribution in [1.82, 2.24) is 19.9 Å². The van der Waals surface area contributed by atoms with Gasteiger partial charge in [0.15, 0.2) is 5.82 Å². The number of halogens is 2. The molecule has 2 heterocycles. The van der Waals surface area contributed by atoms with Gasteiger partial charge in [0.2, 0.25) is 11.7 Å². The van der Waals surface area contributed by atoms with E-state index in [0.29, 0.717) is 29.2 Å². The van der Waals surface area contributed by atoms with E-state index in [1.165, 1.54) is 12.1 Å². The molecule has 1 fully saturated rings. The van der Waals surface area contributed by atoms with E-state index in [0.717, 1.165) is 36.6 Å². The highest BCUT2D eigenvalue weighted by Crippen LogP contribution is 2.56. The predicted molar refractivity (Wildman–Crippen MR) is 94.8 cm³/mol. The van der Waals surface area contributed by atoms with E-state index in [4.69, 9.17) is 4.52 Å². The van der Waals surface area contributed by atoms with Gasteiger partial charge in [-0.05, 0) is 37.3 Å². The van der Waals surface area contributed by atoms with Crippen molar-refractivity contribution >= 4 is 0 Å². The Morgan fingerprint density at radius 3 is 2.63 bits per heavy atom. The minimum Gasteiger partial charge on any atom is -0.338 e. The molecule has 0 amide bonds. The second kappa shape index (κ2) is 5.47. The van der Waals surface area contributed by atoms with Crippen LogP contribution in [-0.4, -0.2) is 19.9 Å². The van der Waals surface area contributed by atoms with Crippen molar-refractivity contribution in [1.29, 1.82) is 0 Å². The quantitative estimate of drug-likeness (QED) is 0.646. The molecule has 7 heteroatoms. The number of rotatable bonds is 2. The SMILES string of the molecule is CC(C)(C)c1nc(-c2nn(-c3ccc(F)cc3F)c3c2C2CCC3C2)no1. The topological polar surface area (TPSA) is 56.7 Å². The molecule has 5 nitrogen and oxygen atoms in total. The first kappa shape index (κ1) is 16.6. The van der Waals surface area contributed by atoms with Crippen LogP contribution < -0.4 is 0 Å². The van der Waals surface area contributed by atoms with Crippen LogP contribution in [0.5, 0.6) is 0 Å². The van der Waals surface area contributed by atoms with Crippen LogP contribution in [0.15, 0.2) is 22.7 Å². The predicted octanol–water partition coefficient (Wildman–Crippen LogP) is 4.86. The van der Waals surface area contributed by atoms with Gasteiger partial charge in [0, 0.05) is 23.0 Å². The van der Waals surface area contributed by atoms with Gasteiger partial charge in [-0.1, -0.05) is 25.9 Å². The third kappa shape index (κ3) is 2.44. The van der Waals surface area contributed by atoms with E-state index in [2.05, 4.69) is 15.2 Å². The van der Waals surface area contributed by atoms with Gasteiger partial charge in [-0.2, -0.15) is 10.1 Å². The van der Waals surface area contributed by atoms with Crippen molar-refractivity contribution in [2.75, 3.05) is 0 Å². The molecule has 0 saturated heterocycles. The van der Waals surface area contributed by atoms with Crippen LogP contribution in [0.2, 0.25) is 0 Å². The second-order valence-corrected chi connectivity index (χ2v) is 8.54. The van der Waals surface area contributed by atoms with Crippen molar-refractivity contribution in [2.45, 2.75) is 57.3 Å². The molecule has 2 aliphatic rings. The molecule has 5 rings (SSSR count). The Balaban J connectivity index is 1.70. The fraction of sp³-hybridized carbons (Fsp3) is 0.450. The summed E-state index contributed by atoms with van der Waals surface area (Å²) in [5, 5.41) is 8.81. The summed E-state index contributed by atoms with van der Waals surface area (Å²) >= 11 is 0. The van der Waals surface area contributed by atoms with Gasteiger partial charge in [-0.25, -0.2) is 13.5 Å². The monoisotopic (exact) mass is 370 g/mol. The standard InChI is InChI=1S/C20H20F2N4O/c1-20(2,3)19-23-18(25-27-19)16-15-10-4-5-11(8-10)17(15)26(24-16)14-7-6-12(21)9-13(14)22/h6-7,9-11H,4-5,8H2,1-3H3. The molecule has 0 spiro atoms. The maximum Gasteiger partial charge on any atom is 0.232 e. The van der Waals surface area contributed by atoms with Gasteiger partial charge in [0.25, 0.3) is 0 Å². The van der Waals surface area contributed by atoms with Gasteiger partial charge >= 0.3 is 0 Å². The summed E-state index contributed by atoms with van der Waals surface area (Å²) in [7, 11) is 0. The third-order valence-corrected chi connectivity index (χ3v) is 5.60. The zero-order valence-electron chi connectivity index (χ0n) is 15.5. The lowest BCUT2D eigenvalue weighted by molar-refractivity contribution is 0.321. The first-order valence-electron chi connectivity index (χ1n) is 9.25. The number of benzene rings is 1. The van der Waals surface area contributed by atoms with Gasteiger partial charge in [-0.3, -0.25) is 0 Å². The van der Waals surface area contributed by atoms with Crippen molar-refractivity contribution in [3.63, 3.8) is 0 Å². The largest absolute Gasteiger partial charge is 0.338 e. The number of nitrogens with zero attached hydrogens (tertiary/aromatic N) is 4. The molecule has 0 N–H and O–H groups in total. The lowest BCUT2D eigenvalue weighted by atomic mass is 9.95. The molecule has 3 aromatic rings. The highest BCUT2D eigenvalue weighted by molar-refractivity contribution is 5.62. The Bertz CT molecular complexity index is 1050. The molecular weight excluding hydrogens is 350 g/mol. The molecule has 2 unspecified atom stereocenters. The minimum atomic E-state index is -0.627. The molecule has 2 aliphatic carbocycles. The Kier molecular flexibility index (Phi) is 3.36. The summed E-state index contributed by atoms with van der Waals surface area (Å²) in [6.45, 7) is 6.01. The van der Waals surface area contributed by atoms with Crippen molar-refractivity contribution < 1.29 is 13.3 Å². The van der Waals surface area contributed by atoms with E-state index in [1.807, 2.05) is 20.8 Å². The van der Waals surface area contributed by atoms with Gasteiger partial charge < -0.3 is 4.52 Å². The highest BCUT2D eigenvalue weighted by atomic mass is 19.1. The lowest BCUT2D eigenvalue weighted by Gasteiger charge is -2.14. The molecular formula is C20H20F2N4O. The maximum absolute atomic E-state index is 14.5. The fourth-order valence-corrected chi connectivity index (χ4v) is 4.36. The summed E-state index contributed by atoms with van der Waals surface area (Å²) in [4.78, 5) is 4.55. The Labute approximate surface area is 155 Å². The molecule has 140 valence electrons. The Morgan fingerprint density at radius 2 is 1.93 bits per heavy atom. The Morgan fingerprint density at radius 1 is 1.15 bits per heavy atom. The zero-order chi connectivity index (χ0) is 18.9. The normalized spacial score (nSPS) is 21.1. The fourth-order valence-electron chi connectivity index (χ4n) is 4.36. The van der Waals surface area contributed by atoms with Crippen LogP contribution in [0.1, 0.15) is 69.0 Å². The van der Waals surface area contributed by atoms with Gasteiger partial charge in [0.1, 0.15) is 17.2 Å². The minimum absolute atomic E-state index is 0.256. The smallest absolute Gasteiger partial charge is 0.232 e. The summed E-state index contributed by atoms with van der Waals surface area (Å²) in [5.41, 5.74) is 2.75. The summed E-state index contributed by atoms with van der Waals surface area (Å²) in [6.07, 6.45) is 3.18. The molecule has 1 saturated carbocycles. The summed E-state index contributed by atoms with van der Waals surface area (Å²) in [6, 6.07) is 3.58. The van der Waals surface area contributed by atoms with E-state index < -0.39 is 11.6 Å². The van der Waals surface area contributed by atoms with Crippen LogP contribution >= 0.6 is 0 Å². The van der Waals surface area contributed by atoms with E-state index in [9.17, 15) is 8.78 Å². The number of aromatic nitrogens is 4. The molecule has 2 atom stereocenters. The summed E-state index contributed by atoms with van der Waals surface area (Å²) in [5.74, 6) is 0.466. The van der Waals surface area contributed by atoms with Crippen molar-refractivity contribution in [3.8, 4) is 17.2 Å². The number of fused-ring (bicyclic) bond motifs is 5. The average molecular weight is 370 g/mol. The molecule has 0 aliphatic heterocycles. The Hall–Kier alpha value is -2.57. The first-order valence-corrected chi connectivity index (χ1v) is 9.25. The molecule has 1 aromatic carbocycles. The van der Waals surface area contributed by atoms with E-state index >= 15 is 0 Å². The van der Waals surface area contributed by atoms with Crippen LogP contribution in [0, 0.1) is 11.6 Å². The highest BCUT2D eigenvalue weighted by Gasteiger charge is 2.44. The van der Waals surface area contributed by atoms with Crippen LogP contribution in [-0.2, 0) is 5.41 Å². The molecule has 27 heavy (non-hydrogen) atoms. The van der Waals surface area contributed by atoms with Crippen LogP contribution in [0.25, 0.3) is 17.2 Å². The maximum atomic E-state index is 14.5. The molecule has 2 bridgehead atoms. The average Bonchev–Trinajstić information content (AvgIpc) is 3.35. The van der Waals surface area contributed by atoms with Gasteiger partial charge in [-0.15, -0.1) is 0 Å². The first-order chi connectivity index (χ1) is 12.8. The van der Waals surface area contributed by atoms with Crippen LogP contribution in [0.3, 0.4) is 0 Å². The van der Waals surface area contributed by atoms with Crippen molar-refractivity contribution in [3.05, 3.63) is 47.0 Å². The summed E-state index contributed by atoms with van der Waals surface area (Å²) < 4.78 is 34.9. The lowest BCUT2D eigenvalue weighted by Crippen LogP contribution is -2.11.